The van der Waals surface area contributed by atoms with Crippen LogP contribution in [0.2, 0.25) is 0 Å². The molecule has 84 valence electrons. The monoisotopic (exact) mass is 234 g/mol. The summed E-state index contributed by atoms with van der Waals surface area (Å²) in [6.07, 6.45) is 0.909. The maximum atomic E-state index is 10.8. The standard InChI is InChI=1S/C12H14N2OS/c1-8-7-16-12(13-8)5-14-9(2)4-11(6-15)10(14)3/h4,6-7H,5H2,1-3H3. The number of thiazole rings is 1. The summed E-state index contributed by atoms with van der Waals surface area (Å²) in [6, 6.07) is 1.92. The minimum absolute atomic E-state index is 0.754. The molecule has 0 aliphatic carbocycles. The van der Waals surface area contributed by atoms with Gasteiger partial charge in [-0.3, -0.25) is 4.79 Å². The largest absolute Gasteiger partial charge is 0.342 e. The predicted octanol–water partition coefficient (Wildman–Crippen LogP) is 2.73. The number of aldehydes is 1. The first-order valence-electron chi connectivity index (χ1n) is 5.14. The molecule has 0 spiro atoms. The van der Waals surface area contributed by atoms with Crippen molar-refractivity contribution >= 4 is 17.6 Å². The smallest absolute Gasteiger partial charge is 0.151 e. The summed E-state index contributed by atoms with van der Waals surface area (Å²) in [5, 5.41) is 3.13. The minimum Gasteiger partial charge on any atom is -0.342 e. The lowest BCUT2D eigenvalue weighted by molar-refractivity contribution is 0.112. The quantitative estimate of drug-likeness (QED) is 0.765. The third-order valence-corrected chi connectivity index (χ3v) is 3.65. The molecule has 0 aliphatic rings. The van der Waals surface area contributed by atoms with Crippen molar-refractivity contribution in [1.29, 1.82) is 0 Å². The van der Waals surface area contributed by atoms with Crippen LogP contribution in [0.1, 0.15) is 32.4 Å². The van der Waals surface area contributed by atoms with Crippen molar-refractivity contribution < 1.29 is 4.79 Å². The number of carbonyl (C=O) groups is 1. The number of hydrogen-bond acceptors (Lipinski definition) is 3. The van der Waals surface area contributed by atoms with Gasteiger partial charge >= 0.3 is 0 Å². The van der Waals surface area contributed by atoms with Crippen LogP contribution in [-0.4, -0.2) is 15.8 Å². The molecule has 3 nitrogen and oxygen atoms in total. The van der Waals surface area contributed by atoms with E-state index >= 15 is 0 Å². The van der Waals surface area contributed by atoms with E-state index in [1.54, 1.807) is 11.3 Å². The van der Waals surface area contributed by atoms with Gasteiger partial charge < -0.3 is 4.57 Å². The van der Waals surface area contributed by atoms with Gasteiger partial charge in [-0.05, 0) is 26.8 Å². The van der Waals surface area contributed by atoms with E-state index in [0.29, 0.717) is 0 Å². The Hall–Kier alpha value is -1.42. The van der Waals surface area contributed by atoms with Crippen LogP contribution in [-0.2, 0) is 6.54 Å². The topological polar surface area (TPSA) is 34.9 Å². The molecule has 0 radical (unpaired) electrons. The molecule has 2 heterocycles. The maximum Gasteiger partial charge on any atom is 0.151 e. The van der Waals surface area contributed by atoms with Gasteiger partial charge in [0.05, 0.1) is 6.54 Å². The normalized spacial score (nSPS) is 10.7. The highest BCUT2D eigenvalue weighted by Gasteiger charge is 2.09. The molecule has 0 aromatic carbocycles. The van der Waals surface area contributed by atoms with Gasteiger partial charge in [-0.2, -0.15) is 0 Å². The second-order valence-electron chi connectivity index (χ2n) is 3.91. The van der Waals surface area contributed by atoms with Crippen LogP contribution in [0.5, 0.6) is 0 Å². The van der Waals surface area contributed by atoms with E-state index in [0.717, 1.165) is 40.5 Å². The van der Waals surface area contributed by atoms with Crippen LogP contribution < -0.4 is 0 Å². The second kappa shape index (κ2) is 4.22. The third-order valence-electron chi connectivity index (χ3n) is 2.70. The van der Waals surface area contributed by atoms with Crippen molar-refractivity contribution in [3.8, 4) is 0 Å². The minimum atomic E-state index is 0.754. The summed E-state index contributed by atoms with van der Waals surface area (Å²) in [6.45, 7) is 6.73. The molecular weight excluding hydrogens is 220 g/mol. The first-order valence-corrected chi connectivity index (χ1v) is 6.02. The Balaban J connectivity index is 2.34. The van der Waals surface area contributed by atoms with E-state index < -0.39 is 0 Å². The number of aromatic nitrogens is 2. The molecule has 2 aromatic rings. The third kappa shape index (κ3) is 1.93. The summed E-state index contributed by atoms with van der Waals surface area (Å²) < 4.78 is 2.13. The molecule has 2 rings (SSSR count). The Labute approximate surface area is 98.8 Å². The fourth-order valence-electron chi connectivity index (χ4n) is 1.80. The van der Waals surface area contributed by atoms with Gasteiger partial charge in [0, 0.05) is 28.0 Å². The number of rotatable bonds is 3. The zero-order valence-electron chi connectivity index (χ0n) is 9.65. The summed E-state index contributed by atoms with van der Waals surface area (Å²) in [7, 11) is 0. The predicted molar refractivity (Wildman–Crippen MR) is 65.2 cm³/mol. The van der Waals surface area contributed by atoms with Crippen LogP contribution in [0, 0.1) is 20.8 Å². The first-order chi connectivity index (χ1) is 7.61. The average molecular weight is 234 g/mol. The van der Waals surface area contributed by atoms with Crippen molar-refractivity contribution in [2.45, 2.75) is 27.3 Å². The molecule has 0 atom stereocenters. The zero-order valence-corrected chi connectivity index (χ0v) is 10.5. The zero-order chi connectivity index (χ0) is 11.7. The van der Waals surface area contributed by atoms with Crippen LogP contribution in [0.4, 0.5) is 0 Å². The number of aryl methyl sites for hydroxylation is 2. The number of carbonyl (C=O) groups excluding carboxylic acids is 1. The van der Waals surface area contributed by atoms with Gasteiger partial charge in [0.1, 0.15) is 5.01 Å². The van der Waals surface area contributed by atoms with Crippen LogP contribution in [0.15, 0.2) is 11.4 Å². The van der Waals surface area contributed by atoms with Gasteiger partial charge in [-0.1, -0.05) is 0 Å². The summed E-state index contributed by atoms with van der Waals surface area (Å²) >= 11 is 1.66. The van der Waals surface area contributed by atoms with Gasteiger partial charge in [-0.25, -0.2) is 4.98 Å². The van der Waals surface area contributed by atoms with E-state index in [2.05, 4.69) is 9.55 Å². The highest BCUT2D eigenvalue weighted by atomic mass is 32.1. The summed E-state index contributed by atoms with van der Waals surface area (Å²) in [5.74, 6) is 0. The average Bonchev–Trinajstić information content (AvgIpc) is 2.77. The van der Waals surface area contributed by atoms with Crippen molar-refractivity contribution in [2.24, 2.45) is 0 Å². The van der Waals surface area contributed by atoms with E-state index in [1.165, 1.54) is 0 Å². The first kappa shape index (κ1) is 11.1. The lowest BCUT2D eigenvalue weighted by Gasteiger charge is -2.06. The highest BCUT2D eigenvalue weighted by molar-refractivity contribution is 7.09. The number of nitrogens with zero attached hydrogens (tertiary/aromatic N) is 2. The van der Waals surface area contributed by atoms with Crippen molar-refractivity contribution in [3.63, 3.8) is 0 Å². The van der Waals surface area contributed by atoms with Crippen molar-refractivity contribution in [2.75, 3.05) is 0 Å². The van der Waals surface area contributed by atoms with Crippen LogP contribution >= 0.6 is 11.3 Å². The van der Waals surface area contributed by atoms with Gasteiger partial charge in [0.15, 0.2) is 6.29 Å². The molecule has 0 unspecified atom stereocenters. The van der Waals surface area contributed by atoms with E-state index in [-0.39, 0.29) is 0 Å². The Morgan fingerprint density at radius 1 is 1.44 bits per heavy atom. The molecule has 16 heavy (non-hydrogen) atoms. The summed E-state index contributed by atoms with van der Waals surface area (Å²) in [4.78, 5) is 15.3. The van der Waals surface area contributed by atoms with Crippen molar-refractivity contribution in [1.82, 2.24) is 9.55 Å². The van der Waals surface area contributed by atoms with Gasteiger partial charge in [-0.15, -0.1) is 11.3 Å². The van der Waals surface area contributed by atoms with E-state index in [9.17, 15) is 4.79 Å². The summed E-state index contributed by atoms with van der Waals surface area (Å²) in [5.41, 5.74) is 3.94. The molecule has 0 aliphatic heterocycles. The molecule has 0 fully saturated rings. The molecule has 0 N–H and O–H groups in total. The molecule has 0 bridgehead atoms. The van der Waals surface area contributed by atoms with Gasteiger partial charge in [0.2, 0.25) is 0 Å². The fraction of sp³-hybridized carbons (Fsp3) is 0.333. The Kier molecular flexibility index (Phi) is 2.92. The molecule has 0 saturated carbocycles. The molecule has 4 heteroatoms. The number of hydrogen-bond donors (Lipinski definition) is 0. The van der Waals surface area contributed by atoms with E-state index in [4.69, 9.17) is 0 Å². The van der Waals surface area contributed by atoms with Crippen molar-refractivity contribution in [3.05, 3.63) is 39.1 Å². The van der Waals surface area contributed by atoms with Gasteiger partial charge in [0.25, 0.3) is 0 Å². The Morgan fingerprint density at radius 2 is 2.19 bits per heavy atom. The van der Waals surface area contributed by atoms with Crippen LogP contribution in [0.3, 0.4) is 0 Å². The Bertz CT molecular complexity index is 525. The molecule has 0 amide bonds. The SMILES string of the molecule is Cc1csc(Cn2c(C)cc(C=O)c2C)n1. The Morgan fingerprint density at radius 3 is 2.69 bits per heavy atom. The van der Waals surface area contributed by atoms with E-state index in [1.807, 2.05) is 32.2 Å². The maximum absolute atomic E-state index is 10.8. The molecular formula is C12H14N2OS. The molecule has 2 aromatic heterocycles. The fourth-order valence-corrected chi connectivity index (χ4v) is 2.56. The van der Waals surface area contributed by atoms with Crippen LogP contribution in [0.25, 0.3) is 0 Å². The lowest BCUT2D eigenvalue weighted by Crippen LogP contribution is -2.04. The lowest BCUT2D eigenvalue weighted by atomic mass is 10.3. The second-order valence-corrected chi connectivity index (χ2v) is 4.86. The highest BCUT2D eigenvalue weighted by Crippen LogP contribution is 2.17. The molecule has 0 saturated heterocycles.